The van der Waals surface area contributed by atoms with Crippen molar-refractivity contribution in [2.75, 3.05) is 19.6 Å². The minimum absolute atomic E-state index is 0.115. The van der Waals surface area contributed by atoms with E-state index in [1.165, 1.54) is 0 Å². The Kier molecular flexibility index (Phi) is 4.57. The maximum Gasteiger partial charge on any atom is 0.318 e. The van der Waals surface area contributed by atoms with Crippen molar-refractivity contribution in [1.82, 2.24) is 25.4 Å². The zero-order valence-electron chi connectivity index (χ0n) is 12.8. The second kappa shape index (κ2) is 6.97. The van der Waals surface area contributed by atoms with Crippen LogP contribution in [-0.2, 0) is 0 Å². The number of carbonyl (C=O) groups is 1. The molecule has 0 saturated carbocycles. The number of hydrogen-bond donors (Lipinski definition) is 2. The van der Waals surface area contributed by atoms with E-state index in [9.17, 15) is 4.79 Å². The topological polar surface area (TPSA) is 73.9 Å². The van der Waals surface area contributed by atoms with Crippen molar-refractivity contribution in [3.8, 4) is 23.7 Å². The molecule has 3 rings (SSSR count). The second-order valence-corrected chi connectivity index (χ2v) is 5.56. The molecule has 1 fully saturated rings. The van der Waals surface area contributed by atoms with Crippen molar-refractivity contribution < 1.29 is 4.79 Å². The van der Waals surface area contributed by atoms with Crippen molar-refractivity contribution in [3.63, 3.8) is 0 Å². The zero-order valence-corrected chi connectivity index (χ0v) is 12.8. The molecule has 2 amide bonds. The average molecular weight is 309 g/mol. The van der Waals surface area contributed by atoms with Crippen molar-refractivity contribution in [3.05, 3.63) is 36.2 Å². The third kappa shape index (κ3) is 3.51. The normalized spacial score (nSPS) is 17.5. The maximum atomic E-state index is 12.0. The summed E-state index contributed by atoms with van der Waals surface area (Å²) >= 11 is 0. The molecule has 23 heavy (non-hydrogen) atoms. The summed E-state index contributed by atoms with van der Waals surface area (Å²) < 4.78 is 0. The highest BCUT2D eigenvalue weighted by Gasteiger charge is 2.26. The Labute approximate surface area is 135 Å². The van der Waals surface area contributed by atoms with Gasteiger partial charge in [0.15, 0.2) is 5.82 Å². The lowest BCUT2D eigenvalue weighted by Gasteiger charge is -2.31. The first-order chi connectivity index (χ1) is 11.3. The fourth-order valence-corrected chi connectivity index (χ4v) is 2.80. The summed E-state index contributed by atoms with van der Waals surface area (Å²) in [5.41, 5.74) is 0.981. The minimum atomic E-state index is -0.115. The Hall–Kier alpha value is -2.81. The summed E-state index contributed by atoms with van der Waals surface area (Å²) in [6.45, 7) is 1.62. The number of rotatable bonds is 3. The molecule has 1 atom stereocenters. The lowest BCUT2D eigenvalue weighted by molar-refractivity contribution is 0.179. The standard InChI is InChI=1S/C17H19N5O/c1-2-10-18-17(23)22-11-6-9-14(12-22)16-19-15(20-21-16)13-7-4-3-5-8-13/h1,3-5,7-8,14H,6,9-12H2,(H,18,23)(H,19,20,21). The van der Waals surface area contributed by atoms with Gasteiger partial charge in [-0.15, -0.1) is 6.42 Å². The number of aromatic amines is 1. The summed E-state index contributed by atoms with van der Waals surface area (Å²) in [6.07, 6.45) is 7.10. The van der Waals surface area contributed by atoms with Gasteiger partial charge < -0.3 is 10.2 Å². The monoisotopic (exact) mass is 309 g/mol. The van der Waals surface area contributed by atoms with Gasteiger partial charge in [-0.2, -0.15) is 5.10 Å². The summed E-state index contributed by atoms with van der Waals surface area (Å²) in [5.74, 6) is 4.11. The van der Waals surface area contributed by atoms with Gasteiger partial charge in [-0.1, -0.05) is 36.3 Å². The molecule has 0 radical (unpaired) electrons. The van der Waals surface area contributed by atoms with Gasteiger partial charge in [-0.05, 0) is 12.8 Å². The lowest BCUT2D eigenvalue weighted by Crippen LogP contribution is -2.45. The van der Waals surface area contributed by atoms with E-state index in [0.29, 0.717) is 12.4 Å². The van der Waals surface area contributed by atoms with E-state index in [-0.39, 0.29) is 18.5 Å². The minimum Gasteiger partial charge on any atom is -0.327 e. The smallest absolute Gasteiger partial charge is 0.318 e. The largest absolute Gasteiger partial charge is 0.327 e. The Morgan fingerprint density at radius 3 is 3.04 bits per heavy atom. The van der Waals surface area contributed by atoms with Crippen molar-refractivity contribution >= 4 is 6.03 Å². The van der Waals surface area contributed by atoms with E-state index in [0.717, 1.165) is 30.8 Å². The number of carbonyl (C=O) groups excluding carboxylic acids is 1. The number of amides is 2. The van der Waals surface area contributed by atoms with Crippen LogP contribution in [0.3, 0.4) is 0 Å². The molecule has 1 aliphatic heterocycles. The molecular formula is C17H19N5O. The number of urea groups is 1. The number of hydrogen-bond acceptors (Lipinski definition) is 3. The van der Waals surface area contributed by atoms with E-state index in [2.05, 4.69) is 26.4 Å². The van der Waals surface area contributed by atoms with Gasteiger partial charge in [0.2, 0.25) is 0 Å². The van der Waals surface area contributed by atoms with Crippen LogP contribution in [0.2, 0.25) is 0 Å². The van der Waals surface area contributed by atoms with Crippen LogP contribution in [0.5, 0.6) is 0 Å². The van der Waals surface area contributed by atoms with Gasteiger partial charge in [0.1, 0.15) is 5.82 Å². The van der Waals surface area contributed by atoms with Crippen LogP contribution in [0.15, 0.2) is 30.3 Å². The fraction of sp³-hybridized carbons (Fsp3) is 0.353. The number of benzene rings is 1. The molecule has 2 heterocycles. The van der Waals surface area contributed by atoms with Gasteiger partial charge >= 0.3 is 6.03 Å². The molecular weight excluding hydrogens is 290 g/mol. The average Bonchev–Trinajstić information content (AvgIpc) is 3.11. The molecule has 2 N–H and O–H groups in total. The summed E-state index contributed by atoms with van der Waals surface area (Å²) in [6, 6.07) is 9.73. The van der Waals surface area contributed by atoms with E-state index < -0.39 is 0 Å². The van der Waals surface area contributed by atoms with Crippen LogP contribution < -0.4 is 5.32 Å². The third-order valence-corrected chi connectivity index (χ3v) is 3.97. The number of nitrogens with zero attached hydrogens (tertiary/aromatic N) is 3. The predicted octanol–water partition coefficient (Wildman–Crippen LogP) is 1.99. The van der Waals surface area contributed by atoms with Crippen LogP contribution >= 0.6 is 0 Å². The fourth-order valence-electron chi connectivity index (χ4n) is 2.80. The van der Waals surface area contributed by atoms with Crippen LogP contribution in [0.1, 0.15) is 24.6 Å². The Morgan fingerprint density at radius 1 is 1.43 bits per heavy atom. The third-order valence-electron chi connectivity index (χ3n) is 3.97. The molecule has 0 bridgehead atoms. The summed E-state index contributed by atoms with van der Waals surface area (Å²) in [5, 5.41) is 10.0. The summed E-state index contributed by atoms with van der Waals surface area (Å²) in [7, 11) is 0. The molecule has 1 saturated heterocycles. The first-order valence-electron chi connectivity index (χ1n) is 7.72. The van der Waals surface area contributed by atoms with Crippen LogP contribution in [0, 0.1) is 12.3 Å². The first-order valence-corrected chi connectivity index (χ1v) is 7.72. The molecule has 0 spiro atoms. The molecule has 1 aromatic carbocycles. The molecule has 0 aliphatic carbocycles. The molecule has 6 nitrogen and oxygen atoms in total. The number of H-pyrrole nitrogens is 1. The van der Waals surface area contributed by atoms with Gasteiger partial charge in [-0.3, -0.25) is 5.10 Å². The summed E-state index contributed by atoms with van der Waals surface area (Å²) in [4.78, 5) is 18.4. The second-order valence-electron chi connectivity index (χ2n) is 5.56. The van der Waals surface area contributed by atoms with Gasteiger partial charge in [-0.25, -0.2) is 9.78 Å². The van der Waals surface area contributed by atoms with Gasteiger partial charge in [0.05, 0.1) is 6.54 Å². The molecule has 118 valence electrons. The Balaban J connectivity index is 1.69. The van der Waals surface area contributed by atoms with Crippen LogP contribution in [0.25, 0.3) is 11.4 Å². The van der Waals surface area contributed by atoms with Gasteiger partial charge in [0.25, 0.3) is 0 Å². The molecule has 2 aromatic rings. The number of nitrogens with one attached hydrogen (secondary N) is 2. The molecule has 1 aliphatic rings. The number of terminal acetylenes is 1. The van der Waals surface area contributed by atoms with Gasteiger partial charge in [0, 0.05) is 24.6 Å². The van der Waals surface area contributed by atoms with E-state index in [1.54, 1.807) is 4.90 Å². The first kappa shape index (κ1) is 15.1. The van der Waals surface area contributed by atoms with Crippen LogP contribution in [0.4, 0.5) is 4.79 Å². The van der Waals surface area contributed by atoms with Crippen molar-refractivity contribution in [2.24, 2.45) is 0 Å². The highest BCUT2D eigenvalue weighted by Crippen LogP contribution is 2.26. The van der Waals surface area contributed by atoms with E-state index in [1.807, 2.05) is 30.3 Å². The predicted molar refractivity (Wildman–Crippen MR) is 87.6 cm³/mol. The molecule has 6 heteroatoms. The van der Waals surface area contributed by atoms with Crippen molar-refractivity contribution in [1.29, 1.82) is 0 Å². The zero-order chi connectivity index (χ0) is 16.1. The number of likely N-dealkylation sites (tertiary alicyclic amines) is 1. The maximum absolute atomic E-state index is 12.0. The number of piperidine rings is 1. The quantitative estimate of drug-likeness (QED) is 0.852. The van der Waals surface area contributed by atoms with Crippen molar-refractivity contribution in [2.45, 2.75) is 18.8 Å². The number of aromatic nitrogens is 3. The lowest BCUT2D eigenvalue weighted by atomic mass is 9.97. The van der Waals surface area contributed by atoms with E-state index in [4.69, 9.17) is 6.42 Å². The van der Waals surface area contributed by atoms with E-state index >= 15 is 0 Å². The molecule has 1 unspecified atom stereocenters. The highest BCUT2D eigenvalue weighted by molar-refractivity contribution is 5.74. The SMILES string of the molecule is C#CCNC(=O)N1CCCC(c2nc(-c3ccccc3)n[nH]2)C1. The Morgan fingerprint density at radius 2 is 2.26 bits per heavy atom. The highest BCUT2D eigenvalue weighted by atomic mass is 16.2. The Bertz CT molecular complexity index is 703. The molecule has 1 aromatic heterocycles. The van der Waals surface area contributed by atoms with Crippen LogP contribution in [-0.4, -0.2) is 45.7 Å².